The average Bonchev–Trinajstić information content (AvgIpc) is 3.19. The summed E-state index contributed by atoms with van der Waals surface area (Å²) < 4.78 is 0.880. The van der Waals surface area contributed by atoms with Crippen molar-refractivity contribution in [2.45, 2.75) is 31.7 Å². The number of hydrogen-bond donors (Lipinski definition) is 1. The van der Waals surface area contributed by atoms with Crippen LogP contribution in [0.4, 0.5) is 0 Å². The molecule has 1 aliphatic carbocycles. The van der Waals surface area contributed by atoms with Gasteiger partial charge >= 0.3 is 0 Å². The molecule has 0 unspecified atom stereocenters. The van der Waals surface area contributed by atoms with Gasteiger partial charge in [-0.1, -0.05) is 35.9 Å². The van der Waals surface area contributed by atoms with E-state index in [1.54, 1.807) is 11.3 Å². The molecule has 1 heterocycles. The van der Waals surface area contributed by atoms with E-state index in [9.17, 15) is 0 Å². The number of thiophene rings is 1. The lowest BCUT2D eigenvalue weighted by Crippen LogP contribution is -2.16. The van der Waals surface area contributed by atoms with Gasteiger partial charge in [0, 0.05) is 18.0 Å². The van der Waals surface area contributed by atoms with Crippen LogP contribution in [0, 0.1) is 0 Å². The minimum atomic E-state index is 0.852. The first kappa shape index (κ1) is 13.2. The highest BCUT2D eigenvalue weighted by atomic mass is 35.5. The topological polar surface area (TPSA) is 12.0 Å². The molecule has 1 N–H and O–H groups in total. The van der Waals surface area contributed by atoms with Crippen molar-refractivity contribution in [3.8, 4) is 0 Å². The summed E-state index contributed by atoms with van der Waals surface area (Å²) in [6, 6.07) is 13.2. The Labute approximate surface area is 123 Å². The van der Waals surface area contributed by atoms with Crippen LogP contribution in [0.1, 0.15) is 34.8 Å². The van der Waals surface area contributed by atoms with Gasteiger partial charge in [-0.2, -0.15) is 0 Å². The van der Waals surface area contributed by atoms with Gasteiger partial charge in [0.1, 0.15) is 0 Å². The van der Waals surface area contributed by atoms with Gasteiger partial charge in [0.15, 0.2) is 0 Å². The molecule has 1 aliphatic rings. The third kappa shape index (κ3) is 3.82. The molecule has 1 saturated carbocycles. The molecule has 100 valence electrons. The van der Waals surface area contributed by atoms with Gasteiger partial charge in [0.25, 0.3) is 0 Å². The smallest absolute Gasteiger partial charge is 0.0931 e. The number of hydrogen-bond acceptors (Lipinski definition) is 2. The van der Waals surface area contributed by atoms with Crippen LogP contribution in [0.3, 0.4) is 0 Å². The maximum atomic E-state index is 5.91. The highest BCUT2D eigenvalue weighted by molar-refractivity contribution is 7.16. The van der Waals surface area contributed by atoms with Crippen LogP contribution in [0.15, 0.2) is 36.4 Å². The number of halogens is 1. The summed E-state index contributed by atoms with van der Waals surface area (Å²) in [7, 11) is 0. The molecule has 3 heteroatoms. The van der Waals surface area contributed by atoms with Gasteiger partial charge in [0.2, 0.25) is 0 Å². The number of nitrogens with one attached hydrogen (secondary N) is 1. The fourth-order valence-electron chi connectivity index (χ4n) is 2.25. The van der Waals surface area contributed by atoms with Crippen LogP contribution in [-0.4, -0.2) is 6.54 Å². The second kappa shape index (κ2) is 6.08. The Kier molecular flexibility index (Phi) is 4.21. The van der Waals surface area contributed by atoms with Crippen molar-refractivity contribution in [2.24, 2.45) is 0 Å². The third-order valence-electron chi connectivity index (χ3n) is 3.53. The molecular weight excluding hydrogens is 274 g/mol. The monoisotopic (exact) mass is 291 g/mol. The maximum Gasteiger partial charge on any atom is 0.0931 e. The lowest BCUT2D eigenvalue weighted by Gasteiger charge is -2.05. The molecule has 1 aromatic carbocycles. The lowest BCUT2D eigenvalue weighted by molar-refractivity contribution is 0.690. The predicted molar refractivity (Wildman–Crippen MR) is 83.2 cm³/mol. The van der Waals surface area contributed by atoms with Gasteiger partial charge in [-0.25, -0.2) is 0 Å². The van der Waals surface area contributed by atoms with Gasteiger partial charge in [-0.05, 0) is 48.4 Å². The molecule has 1 nitrogen and oxygen atoms in total. The Balaban J connectivity index is 1.41. The van der Waals surface area contributed by atoms with E-state index in [1.165, 1.54) is 28.8 Å². The SMILES string of the molecule is Clc1ccc(CCNCc2ccc(C3CC3)cc2)s1. The first-order chi connectivity index (χ1) is 9.31. The Morgan fingerprint density at radius 2 is 1.89 bits per heavy atom. The summed E-state index contributed by atoms with van der Waals surface area (Å²) in [4.78, 5) is 1.35. The minimum Gasteiger partial charge on any atom is -0.312 e. The molecule has 0 radical (unpaired) electrons. The second-order valence-electron chi connectivity index (χ2n) is 5.15. The molecule has 0 amide bonds. The summed E-state index contributed by atoms with van der Waals surface area (Å²) in [6.07, 6.45) is 3.81. The molecule has 1 fully saturated rings. The van der Waals surface area contributed by atoms with Crippen molar-refractivity contribution in [1.29, 1.82) is 0 Å². The minimum absolute atomic E-state index is 0.852. The molecule has 0 aliphatic heterocycles. The normalized spacial score (nSPS) is 14.8. The van der Waals surface area contributed by atoms with E-state index in [0.717, 1.165) is 29.8 Å². The zero-order valence-electron chi connectivity index (χ0n) is 10.9. The molecule has 19 heavy (non-hydrogen) atoms. The predicted octanol–water partition coefficient (Wildman–Crippen LogP) is 4.61. The van der Waals surface area contributed by atoms with E-state index >= 15 is 0 Å². The van der Waals surface area contributed by atoms with Crippen LogP contribution in [0.5, 0.6) is 0 Å². The molecule has 0 saturated heterocycles. The van der Waals surface area contributed by atoms with Crippen LogP contribution in [0.2, 0.25) is 4.34 Å². The quantitative estimate of drug-likeness (QED) is 0.766. The Bertz CT molecular complexity index is 528. The van der Waals surface area contributed by atoms with Gasteiger partial charge in [-0.3, -0.25) is 0 Å². The standard InChI is InChI=1S/C16H18ClNS/c17-16-8-7-15(19-16)9-10-18-11-12-1-3-13(4-2-12)14-5-6-14/h1-4,7-8,14,18H,5-6,9-11H2. The Hall–Kier alpha value is -0.830. The Morgan fingerprint density at radius 1 is 1.11 bits per heavy atom. The molecule has 0 atom stereocenters. The number of rotatable bonds is 6. The summed E-state index contributed by atoms with van der Waals surface area (Å²) in [5, 5.41) is 3.49. The van der Waals surface area contributed by atoms with Crippen molar-refractivity contribution in [2.75, 3.05) is 6.54 Å². The van der Waals surface area contributed by atoms with Crippen molar-refractivity contribution in [3.05, 3.63) is 56.7 Å². The highest BCUT2D eigenvalue weighted by Crippen LogP contribution is 2.39. The molecule has 0 spiro atoms. The van der Waals surface area contributed by atoms with Gasteiger partial charge < -0.3 is 5.32 Å². The van der Waals surface area contributed by atoms with E-state index in [-0.39, 0.29) is 0 Å². The fraction of sp³-hybridized carbons (Fsp3) is 0.375. The second-order valence-corrected chi connectivity index (χ2v) is 6.95. The molecule has 0 bridgehead atoms. The fourth-order valence-corrected chi connectivity index (χ4v) is 3.34. The molecule has 1 aromatic heterocycles. The molecule has 3 rings (SSSR count). The maximum absolute atomic E-state index is 5.91. The van der Waals surface area contributed by atoms with Crippen molar-refractivity contribution in [3.63, 3.8) is 0 Å². The van der Waals surface area contributed by atoms with Gasteiger partial charge in [-0.15, -0.1) is 11.3 Å². The first-order valence-corrected chi connectivity index (χ1v) is 8.04. The van der Waals surface area contributed by atoms with Crippen LogP contribution >= 0.6 is 22.9 Å². The lowest BCUT2D eigenvalue weighted by atomic mass is 10.1. The van der Waals surface area contributed by atoms with E-state index in [0.29, 0.717) is 0 Å². The average molecular weight is 292 g/mol. The molecular formula is C16H18ClNS. The van der Waals surface area contributed by atoms with Crippen molar-refractivity contribution < 1.29 is 0 Å². The van der Waals surface area contributed by atoms with Crippen molar-refractivity contribution in [1.82, 2.24) is 5.32 Å². The van der Waals surface area contributed by atoms with Crippen LogP contribution in [0.25, 0.3) is 0 Å². The summed E-state index contributed by atoms with van der Waals surface area (Å²) >= 11 is 7.58. The molecule has 2 aromatic rings. The highest BCUT2D eigenvalue weighted by Gasteiger charge is 2.22. The van der Waals surface area contributed by atoms with E-state index in [1.807, 2.05) is 6.07 Å². The van der Waals surface area contributed by atoms with Crippen LogP contribution in [-0.2, 0) is 13.0 Å². The van der Waals surface area contributed by atoms with Gasteiger partial charge in [0.05, 0.1) is 4.34 Å². The summed E-state index contributed by atoms with van der Waals surface area (Å²) in [6.45, 7) is 1.95. The Morgan fingerprint density at radius 3 is 2.53 bits per heavy atom. The van der Waals surface area contributed by atoms with Crippen molar-refractivity contribution >= 4 is 22.9 Å². The largest absolute Gasteiger partial charge is 0.312 e. The summed E-state index contributed by atoms with van der Waals surface area (Å²) in [5.74, 6) is 0.852. The van der Waals surface area contributed by atoms with E-state index < -0.39 is 0 Å². The number of benzene rings is 1. The summed E-state index contributed by atoms with van der Waals surface area (Å²) in [5.41, 5.74) is 2.88. The van der Waals surface area contributed by atoms with Crippen LogP contribution < -0.4 is 5.32 Å². The zero-order valence-corrected chi connectivity index (χ0v) is 12.4. The first-order valence-electron chi connectivity index (χ1n) is 6.85. The van der Waals surface area contributed by atoms with E-state index in [2.05, 4.69) is 35.6 Å². The third-order valence-corrected chi connectivity index (χ3v) is 4.83. The van der Waals surface area contributed by atoms with E-state index in [4.69, 9.17) is 11.6 Å². The zero-order chi connectivity index (χ0) is 13.1.